The SMILES string of the molecule is [Cl][Al]1[O]C2CCCCC2C(c2ccccc2)(c2ccccc2)[O]1. The number of hydrogen-bond acceptors (Lipinski definition) is 2. The highest BCUT2D eigenvalue weighted by molar-refractivity contribution is 6.99. The Balaban J connectivity index is 1.90. The summed E-state index contributed by atoms with van der Waals surface area (Å²) in [7, 11) is 6.52. The van der Waals surface area contributed by atoms with E-state index in [4.69, 9.17) is 17.6 Å². The maximum Gasteiger partial charge on any atom is 0.814 e. The predicted molar refractivity (Wildman–Crippen MR) is 93.2 cm³/mol. The Morgan fingerprint density at radius 1 is 0.870 bits per heavy atom. The molecule has 0 spiro atoms. The number of fused-ring (bicyclic) bond motifs is 1. The molecule has 2 nitrogen and oxygen atoms in total. The average Bonchev–Trinajstić information content (AvgIpc) is 2.62. The largest absolute Gasteiger partial charge is 0.814 e. The van der Waals surface area contributed by atoms with Crippen LogP contribution in [0.2, 0.25) is 0 Å². The molecule has 2 atom stereocenters. The first-order valence-electron chi connectivity index (χ1n) is 8.39. The summed E-state index contributed by atoms with van der Waals surface area (Å²) in [5, 5.41) is 0. The summed E-state index contributed by atoms with van der Waals surface area (Å²) >= 11 is -2.18. The van der Waals surface area contributed by atoms with Crippen LogP contribution >= 0.6 is 10.0 Å². The van der Waals surface area contributed by atoms with E-state index in [0.717, 1.165) is 12.8 Å². The van der Waals surface area contributed by atoms with Gasteiger partial charge in [-0.1, -0.05) is 73.5 Å². The molecule has 2 fully saturated rings. The number of benzene rings is 2. The fraction of sp³-hybridized carbons (Fsp3) is 0.368. The van der Waals surface area contributed by atoms with Crippen molar-refractivity contribution < 1.29 is 7.58 Å². The summed E-state index contributed by atoms with van der Waals surface area (Å²) in [5.74, 6) is 0.323. The van der Waals surface area contributed by atoms with Crippen LogP contribution in [0.4, 0.5) is 0 Å². The van der Waals surface area contributed by atoms with Crippen molar-refractivity contribution in [1.29, 1.82) is 0 Å². The molecule has 0 aromatic heterocycles. The second-order valence-corrected chi connectivity index (χ2v) is 8.55. The lowest BCUT2D eigenvalue weighted by atomic mass is 9.68. The maximum absolute atomic E-state index is 6.52. The van der Waals surface area contributed by atoms with Gasteiger partial charge in [-0.2, -0.15) is 10.0 Å². The Kier molecular flexibility index (Phi) is 4.50. The van der Waals surface area contributed by atoms with Gasteiger partial charge >= 0.3 is 13.9 Å². The van der Waals surface area contributed by atoms with Gasteiger partial charge in [0.15, 0.2) is 0 Å². The highest BCUT2D eigenvalue weighted by atomic mass is 35.6. The van der Waals surface area contributed by atoms with Crippen LogP contribution in [0.3, 0.4) is 0 Å². The fourth-order valence-corrected chi connectivity index (χ4v) is 6.44. The van der Waals surface area contributed by atoms with Crippen LogP contribution < -0.4 is 0 Å². The van der Waals surface area contributed by atoms with Crippen molar-refractivity contribution in [2.45, 2.75) is 37.4 Å². The Morgan fingerprint density at radius 3 is 2.04 bits per heavy atom. The van der Waals surface area contributed by atoms with Crippen LogP contribution in [-0.4, -0.2) is 20.0 Å². The number of hydrogen-bond donors (Lipinski definition) is 0. The lowest BCUT2D eigenvalue weighted by Gasteiger charge is -2.52. The zero-order chi connectivity index (χ0) is 15.7. The normalized spacial score (nSPS) is 26.6. The lowest BCUT2D eigenvalue weighted by Crippen LogP contribution is -2.55. The van der Waals surface area contributed by atoms with Crippen molar-refractivity contribution in [3.05, 3.63) is 71.8 Å². The molecule has 0 amide bonds. The van der Waals surface area contributed by atoms with Gasteiger partial charge in [0.1, 0.15) is 0 Å². The van der Waals surface area contributed by atoms with Crippen molar-refractivity contribution in [2.75, 3.05) is 0 Å². The first-order chi connectivity index (χ1) is 11.3. The third-order valence-corrected chi connectivity index (χ3v) is 6.89. The topological polar surface area (TPSA) is 18.5 Å². The average molecular weight is 343 g/mol. The molecule has 2 aliphatic rings. The minimum absolute atomic E-state index is 0.215. The summed E-state index contributed by atoms with van der Waals surface area (Å²) in [5.41, 5.74) is 1.93. The molecule has 2 unspecified atom stereocenters. The van der Waals surface area contributed by atoms with Crippen LogP contribution in [-0.2, 0) is 13.2 Å². The third-order valence-electron chi connectivity index (χ3n) is 5.19. The standard InChI is InChI=1S/C19H20O2.Al.ClH/c20-18-14-8-7-13-17(18)19(21,15-9-3-1-4-10-15)16-11-5-2-6-12-16;;/h1-6,9-12,17-18H,7-8,13-14H2;;1H/q-2;+3;/p-1. The van der Waals surface area contributed by atoms with Crippen molar-refractivity contribution in [2.24, 2.45) is 5.92 Å². The van der Waals surface area contributed by atoms with Crippen molar-refractivity contribution in [3.63, 3.8) is 0 Å². The Morgan fingerprint density at radius 2 is 1.43 bits per heavy atom. The molecule has 23 heavy (non-hydrogen) atoms. The zero-order valence-corrected chi connectivity index (χ0v) is 14.9. The molecule has 0 radical (unpaired) electrons. The van der Waals surface area contributed by atoms with Gasteiger partial charge in [-0.3, -0.25) is 0 Å². The molecule has 1 heterocycles. The minimum Gasteiger partial charge on any atom is -0.463 e. The van der Waals surface area contributed by atoms with Crippen molar-refractivity contribution in [1.82, 2.24) is 0 Å². The van der Waals surface area contributed by atoms with E-state index in [-0.39, 0.29) is 6.10 Å². The molecule has 1 saturated carbocycles. The van der Waals surface area contributed by atoms with E-state index in [1.54, 1.807) is 0 Å². The van der Waals surface area contributed by atoms with Crippen LogP contribution in [0.5, 0.6) is 0 Å². The molecule has 1 aliphatic heterocycles. The van der Waals surface area contributed by atoms with Crippen LogP contribution in [0.25, 0.3) is 0 Å². The first-order valence-corrected chi connectivity index (χ1v) is 11.1. The van der Waals surface area contributed by atoms with Crippen LogP contribution in [0.15, 0.2) is 60.7 Å². The Labute approximate surface area is 146 Å². The van der Waals surface area contributed by atoms with Crippen LogP contribution in [0.1, 0.15) is 36.8 Å². The van der Waals surface area contributed by atoms with Gasteiger partial charge in [0, 0.05) is 12.0 Å². The van der Waals surface area contributed by atoms with Gasteiger partial charge in [-0.05, 0) is 24.0 Å². The highest BCUT2D eigenvalue weighted by Crippen LogP contribution is 2.51. The number of halogens is 1. The molecule has 2 aromatic carbocycles. The Bertz CT molecular complexity index is 609. The van der Waals surface area contributed by atoms with Crippen molar-refractivity contribution >= 4 is 23.9 Å². The van der Waals surface area contributed by atoms with E-state index < -0.39 is 19.5 Å². The molecule has 1 aliphatic carbocycles. The first kappa shape index (κ1) is 15.7. The zero-order valence-electron chi connectivity index (χ0n) is 13.0. The highest BCUT2D eigenvalue weighted by Gasteiger charge is 2.55. The smallest absolute Gasteiger partial charge is 0.463 e. The molecular weight excluding hydrogens is 323 g/mol. The summed E-state index contributed by atoms with van der Waals surface area (Å²) in [6.07, 6.45) is 4.87. The van der Waals surface area contributed by atoms with Crippen LogP contribution in [0, 0.1) is 5.92 Å². The van der Waals surface area contributed by atoms with Gasteiger partial charge in [0.2, 0.25) is 0 Å². The molecule has 0 bridgehead atoms. The van der Waals surface area contributed by atoms with Crippen molar-refractivity contribution in [3.8, 4) is 0 Å². The second-order valence-electron chi connectivity index (χ2n) is 6.43. The van der Waals surface area contributed by atoms with Gasteiger partial charge in [0.25, 0.3) is 0 Å². The predicted octanol–water partition coefficient (Wildman–Crippen LogP) is 4.76. The monoisotopic (exact) mass is 342 g/mol. The lowest BCUT2D eigenvalue weighted by molar-refractivity contribution is -0.102. The summed E-state index contributed by atoms with van der Waals surface area (Å²) in [6, 6.07) is 21.1. The quantitative estimate of drug-likeness (QED) is 0.733. The van der Waals surface area contributed by atoms with E-state index >= 15 is 0 Å². The van der Waals surface area contributed by atoms with Gasteiger partial charge in [-0.15, -0.1) is 0 Å². The van der Waals surface area contributed by atoms with E-state index in [9.17, 15) is 0 Å². The molecule has 4 rings (SSSR count). The molecule has 0 N–H and O–H groups in total. The summed E-state index contributed by atoms with van der Waals surface area (Å²) in [6.45, 7) is 0. The third kappa shape index (κ3) is 2.76. The van der Waals surface area contributed by atoms with Gasteiger partial charge < -0.3 is 7.58 Å². The number of rotatable bonds is 2. The summed E-state index contributed by atoms with van der Waals surface area (Å²) in [4.78, 5) is 0. The molecule has 118 valence electrons. The van der Waals surface area contributed by atoms with Gasteiger partial charge in [-0.25, -0.2) is 0 Å². The minimum atomic E-state index is -2.18. The van der Waals surface area contributed by atoms with E-state index in [0.29, 0.717) is 5.92 Å². The molecular formula is C19H20AlClO2. The van der Waals surface area contributed by atoms with E-state index in [1.807, 2.05) is 0 Å². The molecule has 4 heteroatoms. The van der Waals surface area contributed by atoms with E-state index in [1.165, 1.54) is 24.0 Å². The fourth-order valence-electron chi connectivity index (χ4n) is 4.23. The van der Waals surface area contributed by atoms with Gasteiger partial charge in [0.05, 0.1) is 5.60 Å². The Hall–Kier alpha value is -0.818. The summed E-state index contributed by atoms with van der Waals surface area (Å²) < 4.78 is 12.6. The second kappa shape index (κ2) is 6.59. The maximum atomic E-state index is 6.52. The molecule has 1 saturated heterocycles. The molecule has 2 aromatic rings. The van der Waals surface area contributed by atoms with E-state index in [2.05, 4.69) is 60.7 Å².